The van der Waals surface area contributed by atoms with Crippen LogP contribution in [0.15, 0.2) is 297 Å². The van der Waals surface area contributed by atoms with E-state index in [2.05, 4.69) is 163 Å². The summed E-state index contributed by atoms with van der Waals surface area (Å²) in [4.78, 5) is 16.1. The lowest BCUT2D eigenvalue weighted by molar-refractivity contribution is -0.156. The number of hydrogen-bond donors (Lipinski definition) is 1. The molecule has 0 saturated heterocycles. The minimum atomic E-state index is -1.30. The highest BCUT2D eigenvalue weighted by Crippen LogP contribution is 2.44. The molecule has 10 aromatic rings. The summed E-state index contributed by atoms with van der Waals surface area (Å²) >= 11 is 0. The molecule has 10 rings (SSSR count). The predicted octanol–water partition coefficient (Wildman–Crippen LogP) is 14.1. The van der Waals surface area contributed by atoms with Gasteiger partial charge in [0.25, 0.3) is 0 Å². The van der Waals surface area contributed by atoms with Crippen molar-refractivity contribution in [2.75, 3.05) is 0 Å². The monoisotopic (exact) mass is 907 g/mol. The minimum Gasteiger partial charge on any atom is -0.473 e. The van der Waals surface area contributed by atoms with Gasteiger partial charge in [-0.15, -0.1) is 0 Å². The molecular weight excluding hydrogens is 855 g/mol. The van der Waals surface area contributed by atoms with Crippen molar-refractivity contribution in [2.45, 2.75) is 29.2 Å². The van der Waals surface area contributed by atoms with Crippen LogP contribution in [-0.4, -0.2) is 12.0 Å². The summed E-state index contributed by atoms with van der Waals surface area (Å²) in [5.74, 6) is 0.260. The molecule has 4 heteroatoms. The fraction of sp³-hybridized carbons (Fsp3) is 0.0758. The van der Waals surface area contributed by atoms with Crippen LogP contribution in [0.5, 0.6) is 5.75 Å². The highest BCUT2D eigenvalue weighted by Gasteiger charge is 2.45. The highest BCUT2D eigenvalue weighted by molar-refractivity contribution is 5.79. The Kier molecular flexibility index (Phi) is 13.4. The number of carbonyl (C=O) groups excluding carboxylic acids is 1. The number of esters is 1. The molecule has 70 heavy (non-hydrogen) atoms. The molecule has 1 atom stereocenters. The van der Waals surface area contributed by atoms with Crippen molar-refractivity contribution in [2.24, 2.45) is 0 Å². The molecule has 0 aliphatic carbocycles. The minimum absolute atomic E-state index is 0.281. The van der Waals surface area contributed by atoms with Crippen molar-refractivity contribution in [1.29, 1.82) is 0 Å². The largest absolute Gasteiger partial charge is 0.473 e. The van der Waals surface area contributed by atoms with Crippen LogP contribution < -0.4 is 10.1 Å². The van der Waals surface area contributed by atoms with E-state index in [1.165, 1.54) is 0 Å². The SMILES string of the molecule is O=C(OC(c1ccccc1)(c1ccccc1)c1ccccc1)[C@H](Cc1ccc(OC(c2ccccc2)(c2ccccc2)c2ccccc2)cc1)NC(c1ccccc1)(c1ccccc1)c1ccccc1. The summed E-state index contributed by atoms with van der Waals surface area (Å²) < 4.78 is 14.6. The van der Waals surface area contributed by atoms with E-state index < -0.39 is 28.8 Å². The predicted molar refractivity (Wildman–Crippen MR) is 281 cm³/mol. The van der Waals surface area contributed by atoms with E-state index in [-0.39, 0.29) is 6.42 Å². The van der Waals surface area contributed by atoms with Gasteiger partial charge in [-0.3, -0.25) is 10.1 Å². The zero-order valence-corrected chi connectivity index (χ0v) is 38.8. The second-order valence-electron chi connectivity index (χ2n) is 17.5. The van der Waals surface area contributed by atoms with Gasteiger partial charge >= 0.3 is 5.97 Å². The first-order valence-corrected chi connectivity index (χ1v) is 23.9. The summed E-state index contributed by atoms with van der Waals surface area (Å²) in [6.07, 6.45) is 0.281. The lowest BCUT2D eigenvalue weighted by Gasteiger charge is -2.41. The van der Waals surface area contributed by atoms with E-state index in [0.717, 1.165) is 55.6 Å². The topological polar surface area (TPSA) is 47.6 Å². The summed E-state index contributed by atoms with van der Waals surface area (Å²) in [5.41, 5.74) is 6.10. The average molecular weight is 908 g/mol. The van der Waals surface area contributed by atoms with Gasteiger partial charge in [-0.2, -0.15) is 0 Å². The third-order valence-electron chi connectivity index (χ3n) is 13.3. The van der Waals surface area contributed by atoms with Crippen molar-refractivity contribution >= 4 is 5.97 Å². The van der Waals surface area contributed by atoms with E-state index in [0.29, 0.717) is 5.75 Å². The molecule has 0 heterocycles. The molecule has 0 fully saturated rings. The number of benzene rings is 10. The standard InChI is InChI=1S/C66H53NO3/c68-63(70-66(58-40-22-7-23-41-58,59-42-24-8-25-43-59)60-44-26-9-27-45-60)62(67-64(52-28-10-1-11-29-52,53-30-12-2-13-31-53)54-32-14-3-15-33-54)50-51-46-48-61(49-47-51)69-65(55-34-16-4-17-35-55,56-36-18-5-19-37-56)57-38-20-6-21-39-57/h1-49,62,67H,50H2/t62-/m0/s1. The van der Waals surface area contributed by atoms with Crippen LogP contribution >= 0.6 is 0 Å². The lowest BCUT2D eigenvalue weighted by Crippen LogP contribution is -2.55. The van der Waals surface area contributed by atoms with E-state index >= 15 is 4.79 Å². The van der Waals surface area contributed by atoms with Gasteiger partial charge in [-0.25, -0.2) is 0 Å². The van der Waals surface area contributed by atoms with Gasteiger partial charge in [0.2, 0.25) is 0 Å². The maximum absolute atomic E-state index is 16.1. The van der Waals surface area contributed by atoms with Crippen LogP contribution in [0.4, 0.5) is 0 Å². The van der Waals surface area contributed by atoms with E-state index in [4.69, 9.17) is 9.47 Å². The Morgan fingerprint density at radius 3 is 0.871 bits per heavy atom. The van der Waals surface area contributed by atoms with Crippen LogP contribution in [0.1, 0.15) is 55.6 Å². The summed E-state index contributed by atoms with van der Waals surface area (Å²) in [7, 11) is 0. The van der Waals surface area contributed by atoms with Crippen LogP contribution in [0.25, 0.3) is 0 Å². The van der Waals surface area contributed by atoms with E-state index in [9.17, 15) is 0 Å². The van der Waals surface area contributed by atoms with E-state index in [1.54, 1.807) is 0 Å². The van der Waals surface area contributed by atoms with Crippen molar-refractivity contribution in [1.82, 2.24) is 5.32 Å². The Morgan fingerprint density at radius 1 is 0.329 bits per heavy atom. The van der Waals surface area contributed by atoms with Crippen LogP contribution in [0, 0.1) is 0 Å². The molecule has 10 aromatic carbocycles. The van der Waals surface area contributed by atoms with Crippen LogP contribution in [0.2, 0.25) is 0 Å². The fourth-order valence-corrected chi connectivity index (χ4v) is 9.99. The molecule has 0 bridgehead atoms. The molecule has 0 aromatic heterocycles. The summed E-state index contributed by atoms with van der Waals surface area (Å²) in [5, 5.41) is 4.05. The normalized spacial score (nSPS) is 12.1. The average Bonchev–Trinajstić information content (AvgIpc) is 3.45. The first-order chi connectivity index (χ1) is 34.6. The quantitative estimate of drug-likeness (QED) is 0.0730. The third-order valence-corrected chi connectivity index (χ3v) is 13.3. The second-order valence-corrected chi connectivity index (χ2v) is 17.5. The first-order valence-electron chi connectivity index (χ1n) is 23.9. The van der Waals surface area contributed by atoms with Crippen molar-refractivity contribution in [3.05, 3.63) is 353 Å². The van der Waals surface area contributed by atoms with Gasteiger partial charge in [0.05, 0.1) is 5.54 Å². The number of ether oxygens (including phenoxy) is 2. The molecular formula is C66H53NO3. The van der Waals surface area contributed by atoms with Gasteiger partial charge in [0.15, 0.2) is 11.2 Å². The number of rotatable bonds is 17. The van der Waals surface area contributed by atoms with Crippen molar-refractivity contribution in [3.8, 4) is 5.75 Å². The Morgan fingerprint density at radius 2 is 0.586 bits per heavy atom. The van der Waals surface area contributed by atoms with Crippen molar-refractivity contribution in [3.63, 3.8) is 0 Å². The number of hydrogen-bond acceptors (Lipinski definition) is 4. The molecule has 0 spiro atoms. The van der Waals surface area contributed by atoms with Gasteiger partial charge < -0.3 is 9.47 Å². The number of nitrogens with one attached hydrogen (secondary N) is 1. The fourth-order valence-electron chi connectivity index (χ4n) is 9.99. The number of carbonyl (C=O) groups is 1. The second kappa shape index (κ2) is 20.7. The Bertz CT molecular complexity index is 2890. The zero-order valence-electron chi connectivity index (χ0n) is 38.8. The summed E-state index contributed by atoms with van der Waals surface area (Å²) in [6.45, 7) is 0. The van der Waals surface area contributed by atoms with Gasteiger partial charge in [0, 0.05) is 33.4 Å². The van der Waals surface area contributed by atoms with E-state index in [1.807, 2.05) is 140 Å². The summed E-state index contributed by atoms with van der Waals surface area (Å²) in [6, 6.07) is 99.7. The van der Waals surface area contributed by atoms with Crippen LogP contribution in [0.3, 0.4) is 0 Å². The smallest absolute Gasteiger partial charge is 0.325 e. The first kappa shape index (κ1) is 45.2. The van der Waals surface area contributed by atoms with Crippen LogP contribution in [-0.2, 0) is 32.7 Å². The van der Waals surface area contributed by atoms with Crippen molar-refractivity contribution < 1.29 is 14.3 Å². The Hall–Kier alpha value is -8.57. The molecule has 1 N–H and O–H groups in total. The highest BCUT2D eigenvalue weighted by atomic mass is 16.6. The van der Waals surface area contributed by atoms with Gasteiger partial charge in [-0.1, -0.05) is 285 Å². The molecule has 340 valence electrons. The molecule has 0 unspecified atom stereocenters. The molecule has 4 nitrogen and oxygen atoms in total. The van der Waals surface area contributed by atoms with Gasteiger partial charge in [-0.05, 0) is 40.8 Å². The third kappa shape index (κ3) is 8.97. The molecule has 0 amide bonds. The molecule has 0 radical (unpaired) electrons. The maximum atomic E-state index is 16.1. The maximum Gasteiger partial charge on any atom is 0.325 e. The Balaban J connectivity index is 1.12. The molecule has 0 saturated carbocycles. The molecule has 0 aliphatic rings. The Labute approximate surface area is 411 Å². The lowest BCUT2D eigenvalue weighted by atomic mass is 9.76. The molecule has 0 aliphatic heterocycles. The van der Waals surface area contributed by atoms with Gasteiger partial charge in [0.1, 0.15) is 11.8 Å². The zero-order chi connectivity index (χ0) is 47.5.